The van der Waals surface area contributed by atoms with Gasteiger partial charge in [-0.1, -0.05) is 75.2 Å². The molecular formula is C36H56ClN5O2. The van der Waals surface area contributed by atoms with E-state index in [1.165, 1.54) is 6.54 Å². The molecule has 0 bridgehead atoms. The quantitative estimate of drug-likeness (QED) is 0.173. The van der Waals surface area contributed by atoms with Gasteiger partial charge in [0.2, 0.25) is 0 Å². The number of methoxy groups -OCH3 is 1. The number of carbonyl (C=O) groups excluding carboxylic acids is 1. The first kappa shape index (κ1) is 38.9. The van der Waals surface area contributed by atoms with E-state index in [0.717, 1.165) is 55.9 Å². The fourth-order valence-corrected chi connectivity index (χ4v) is 5.10. The van der Waals surface area contributed by atoms with Crippen molar-refractivity contribution in [2.24, 2.45) is 5.92 Å². The molecule has 2 aromatic carbocycles. The average Bonchev–Trinajstić information content (AvgIpc) is 3.38. The van der Waals surface area contributed by atoms with Crippen molar-refractivity contribution in [1.82, 2.24) is 24.7 Å². The number of allylic oxidation sites excluding steroid dienone is 2. The minimum atomic E-state index is -0.105. The topological polar surface area (TPSA) is 62.6 Å². The third-order valence-electron chi connectivity index (χ3n) is 7.06. The number of halogens is 1. The number of unbranched alkanes of at least 4 members (excludes halogenated alkanes) is 1. The molecule has 44 heavy (non-hydrogen) atoms. The molecule has 0 saturated heterocycles. The number of hydrogen-bond donors (Lipinski definition) is 1. The average molecular weight is 626 g/mol. The number of aromatic nitrogens is 2. The van der Waals surface area contributed by atoms with E-state index in [9.17, 15) is 4.79 Å². The summed E-state index contributed by atoms with van der Waals surface area (Å²) in [5, 5.41) is 3.53. The van der Waals surface area contributed by atoms with Crippen LogP contribution in [0.2, 0.25) is 5.02 Å². The summed E-state index contributed by atoms with van der Waals surface area (Å²) in [4.78, 5) is 22.4. The van der Waals surface area contributed by atoms with Crippen LogP contribution in [0.5, 0.6) is 5.75 Å². The number of hydrogen-bond acceptors (Lipinski definition) is 5. The maximum atomic E-state index is 13.3. The number of amides is 1. The van der Waals surface area contributed by atoms with Crippen LogP contribution in [0.25, 0.3) is 11.0 Å². The van der Waals surface area contributed by atoms with Gasteiger partial charge in [-0.3, -0.25) is 4.79 Å². The first-order valence-electron chi connectivity index (χ1n) is 15.9. The molecule has 3 rings (SSSR count). The van der Waals surface area contributed by atoms with E-state index in [2.05, 4.69) is 74.2 Å². The largest absolute Gasteiger partial charge is 0.495 e. The Balaban J connectivity index is 0.000000508. The fraction of sp³-hybridized carbons (Fsp3) is 0.500. The minimum absolute atomic E-state index is 0.105. The van der Waals surface area contributed by atoms with Crippen LogP contribution in [-0.2, 0) is 13.1 Å². The molecule has 1 unspecified atom stereocenters. The van der Waals surface area contributed by atoms with Gasteiger partial charge in [0.25, 0.3) is 5.91 Å². The highest BCUT2D eigenvalue weighted by atomic mass is 35.5. The molecule has 0 aliphatic heterocycles. The molecule has 1 atom stereocenters. The SMILES string of the molecule is C/C=C\C(C)CN(CC)CCNC.C=CC.CCCCN(Cc1nc2ccccc2n1CC)C(=O)c1cccc(OC)c1Cl. The van der Waals surface area contributed by atoms with Crippen molar-refractivity contribution in [2.75, 3.05) is 46.9 Å². The molecule has 1 N–H and O–H groups in total. The number of nitrogens with one attached hydrogen (secondary N) is 1. The van der Waals surface area contributed by atoms with Crippen LogP contribution < -0.4 is 10.1 Å². The van der Waals surface area contributed by atoms with Gasteiger partial charge >= 0.3 is 0 Å². The molecule has 244 valence electrons. The Morgan fingerprint density at radius 1 is 1.14 bits per heavy atom. The predicted molar refractivity (Wildman–Crippen MR) is 189 cm³/mol. The number of ether oxygens (including phenoxy) is 1. The normalized spacial score (nSPS) is 11.5. The molecule has 0 saturated carbocycles. The molecule has 0 radical (unpaired) electrons. The highest BCUT2D eigenvalue weighted by Crippen LogP contribution is 2.29. The smallest absolute Gasteiger partial charge is 0.255 e. The van der Waals surface area contributed by atoms with E-state index < -0.39 is 0 Å². The summed E-state index contributed by atoms with van der Waals surface area (Å²) in [6.45, 7) is 22.4. The van der Waals surface area contributed by atoms with Crippen LogP contribution in [0, 0.1) is 5.92 Å². The van der Waals surface area contributed by atoms with Crippen molar-refractivity contribution >= 4 is 28.5 Å². The first-order chi connectivity index (χ1) is 21.3. The lowest BCUT2D eigenvalue weighted by Gasteiger charge is -2.23. The Morgan fingerprint density at radius 2 is 1.84 bits per heavy atom. The summed E-state index contributed by atoms with van der Waals surface area (Å²) in [7, 11) is 3.55. The van der Waals surface area contributed by atoms with Gasteiger partial charge in [0.15, 0.2) is 0 Å². The van der Waals surface area contributed by atoms with E-state index in [0.29, 0.717) is 35.3 Å². The summed E-state index contributed by atoms with van der Waals surface area (Å²) in [6, 6.07) is 13.3. The maximum absolute atomic E-state index is 13.3. The van der Waals surface area contributed by atoms with Crippen LogP contribution in [0.15, 0.2) is 67.3 Å². The number of fused-ring (bicyclic) bond motifs is 1. The number of imidazole rings is 1. The van der Waals surface area contributed by atoms with Gasteiger partial charge in [-0.15, -0.1) is 6.58 Å². The Morgan fingerprint density at radius 3 is 2.43 bits per heavy atom. The molecule has 7 nitrogen and oxygen atoms in total. The zero-order valence-electron chi connectivity index (χ0n) is 28.4. The summed E-state index contributed by atoms with van der Waals surface area (Å²) < 4.78 is 7.43. The van der Waals surface area contributed by atoms with Gasteiger partial charge in [0.05, 0.1) is 35.3 Å². The van der Waals surface area contributed by atoms with Gasteiger partial charge in [-0.05, 0) is 71.0 Å². The lowest BCUT2D eigenvalue weighted by atomic mass is 10.1. The van der Waals surface area contributed by atoms with Crippen molar-refractivity contribution in [3.63, 3.8) is 0 Å². The molecule has 3 aromatic rings. The molecule has 1 heterocycles. The molecular weight excluding hydrogens is 570 g/mol. The van der Waals surface area contributed by atoms with Gasteiger partial charge in [-0.2, -0.15) is 0 Å². The third-order valence-corrected chi connectivity index (χ3v) is 7.45. The molecule has 1 amide bonds. The summed E-state index contributed by atoms with van der Waals surface area (Å²) >= 11 is 6.41. The van der Waals surface area contributed by atoms with E-state index in [1.807, 2.05) is 37.1 Å². The van der Waals surface area contributed by atoms with Crippen molar-refractivity contribution in [3.05, 3.63) is 83.7 Å². The summed E-state index contributed by atoms with van der Waals surface area (Å²) in [5.41, 5.74) is 2.49. The number of carbonyl (C=O) groups is 1. The molecule has 0 spiro atoms. The summed E-state index contributed by atoms with van der Waals surface area (Å²) in [5.74, 6) is 1.95. The van der Waals surface area contributed by atoms with Crippen molar-refractivity contribution < 1.29 is 9.53 Å². The zero-order valence-corrected chi connectivity index (χ0v) is 29.2. The molecule has 1 aromatic heterocycles. The zero-order chi connectivity index (χ0) is 32.9. The number of aryl methyl sites for hydroxylation is 1. The molecule has 0 aliphatic rings. The summed E-state index contributed by atoms with van der Waals surface area (Å²) in [6.07, 6.45) is 8.07. The lowest BCUT2D eigenvalue weighted by Crippen LogP contribution is -2.33. The number of para-hydroxylation sites is 2. The predicted octanol–water partition coefficient (Wildman–Crippen LogP) is 8.09. The monoisotopic (exact) mass is 625 g/mol. The van der Waals surface area contributed by atoms with E-state index in [-0.39, 0.29) is 5.91 Å². The minimum Gasteiger partial charge on any atom is -0.495 e. The Kier molecular flexibility index (Phi) is 19.8. The Labute approximate surface area is 271 Å². The van der Waals surface area contributed by atoms with Gasteiger partial charge in [-0.25, -0.2) is 4.98 Å². The second-order valence-electron chi connectivity index (χ2n) is 10.6. The molecule has 0 fully saturated rings. The standard InChI is InChI=1S/C22H26ClN3O2.C11H24N2.C3H6/c1-4-6-14-25(22(27)16-10-9-13-19(28-3)21(16)23)15-20-24-17-11-7-8-12-18(17)26(20)5-2;1-5-7-11(3)10-13(6-2)9-8-12-4;1-3-2/h7-13H,4-6,14-15H2,1-3H3;5,7,11-12H,6,8-10H2,1-4H3;3H,1H2,2H3/b;7-5-;. The van der Waals surface area contributed by atoms with Gasteiger partial charge < -0.3 is 24.4 Å². The number of benzene rings is 2. The molecule has 0 aliphatic carbocycles. The Hall–Kier alpha value is -3.13. The van der Waals surface area contributed by atoms with E-state index in [1.54, 1.807) is 31.4 Å². The van der Waals surface area contributed by atoms with Gasteiger partial charge in [0, 0.05) is 32.7 Å². The fourth-order valence-electron chi connectivity index (χ4n) is 4.82. The highest BCUT2D eigenvalue weighted by Gasteiger charge is 2.22. The Bertz CT molecular complexity index is 1270. The second kappa shape index (κ2) is 22.4. The van der Waals surface area contributed by atoms with Crippen LogP contribution in [-0.4, -0.2) is 72.1 Å². The van der Waals surface area contributed by atoms with Crippen LogP contribution in [0.3, 0.4) is 0 Å². The highest BCUT2D eigenvalue weighted by molar-refractivity contribution is 6.35. The van der Waals surface area contributed by atoms with Crippen LogP contribution >= 0.6 is 11.6 Å². The number of nitrogens with zero attached hydrogens (tertiary/aromatic N) is 4. The van der Waals surface area contributed by atoms with Crippen LogP contribution in [0.4, 0.5) is 0 Å². The second-order valence-corrected chi connectivity index (χ2v) is 10.9. The van der Waals surface area contributed by atoms with E-state index in [4.69, 9.17) is 21.3 Å². The maximum Gasteiger partial charge on any atom is 0.255 e. The third kappa shape index (κ3) is 12.5. The van der Waals surface area contributed by atoms with Crippen LogP contribution in [0.1, 0.15) is 70.6 Å². The van der Waals surface area contributed by atoms with E-state index >= 15 is 0 Å². The number of rotatable bonds is 15. The van der Waals surface area contributed by atoms with Crippen molar-refractivity contribution in [1.29, 1.82) is 0 Å². The lowest BCUT2D eigenvalue weighted by molar-refractivity contribution is 0.0734. The van der Waals surface area contributed by atoms with Crippen molar-refractivity contribution in [2.45, 2.75) is 67.5 Å². The van der Waals surface area contributed by atoms with Gasteiger partial charge in [0.1, 0.15) is 11.6 Å². The number of likely N-dealkylation sites (N-methyl/N-ethyl adjacent to an activating group) is 2. The van der Waals surface area contributed by atoms with Crippen molar-refractivity contribution in [3.8, 4) is 5.75 Å². The first-order valence-corrected chi connectivity index (χ1v) is 16.3. The molecule has 8 heteroatoms.